The average molecular weight is 960 g/mol. The molecule has 0 aliphatic carbocycles. The molecule has 0 heterocycles. The first-order valence-electron chi connectivity index (χ1n) is 28.7. The molecular weight excluding hydrogens is 853 g/mol. The van der Waals surface area contributed by atoms with Gasteiger partial charge in [0, 0.05) is 19.3 Å². The second-order valence-corrected chi connectivity index (χ2v) is 18.8. The van der Waals surface area contributed by atoms with Crippen molar-refractivity contribution in [3.63, 3.8) is 0 Å². The molecule has 6 heteroatoms. The fraction of sp³-hybridized carbons (Fsp3) is 0.698. The van der Waals surface area contributed by atoms with Crippen molar-refractivity contribution in [2.24, 2.45) is 0 Å². The summed E-state index contributed by atoms with van der Waals surface area (Å²) in [6.45, 7) is 6.40. The number of hydrogen-bond acceptors (Lipinski definition) is 6. The minimum Gasteiger partial charge on any atom is -0.462 e. The van der Waals surface area contributed by atoms with Crippen LogP contribution < -0.4 is 0 Å². The van der Waals surface area contributed by atoms with E-state index in [0.717, 1.165) is 128 Å². The second kappa shape index (κ2) is 56.9. The Morgan fingerprint density at radius 1 is 0.304 bits per heavy atom. The lowest BCUT2D eigenvalue weighted by Gasteiger charge is -2.18. The predicted octanol–water partition coefficient (Wildman–Crippen LogP) is 19.3. The van der Waals surface area contributed by atoms with Crippen LogP contribution in [0.2, 0.25) is 0 Å². The first-order valence-corrected chi connectivity index (χ1v) is 28.7. The Labute approximate surface area is 426 Å². The van der Waals surface area contributed by atoms with Crippen LogP contribution in [0.15, 0.2) is 97.2 Å². The van der Waals surface area contributed by atoms with Crippen molar-refractivity contribution in [1.82, 2.24) is 0 Å². The van der Waals surface area contributed by atoms with Gasteiger partial charge in [0.25, 0.3) is 0 Å². The molecule has 0 rings (SSSR count). The first-order chi connectivity index (χ1) is 34.0. The maximum atomic E-state index is 12.9. The highest BCUT2D eigenvalue weighted by atomic mass is 16.6. The number of esters is 3. The summed E-state index contributed by atoms with van der Waals surface area (Å²) in [5.74, 6) is -0.904. The number of rotatable bonds is 51. The van der Waals surface area contributed by atoms with Gasteiger partial charge in [0.2, 0.25) is 0 Å². The van der Waals surface area contributed by atoms with Crippen LogP contribution in [0.1, 0.15) is 265 Å². The van der Waals surface area contributed by atoms with E-state index in [1.54, 1.807) is 0 Å². The van der Waals surface area contributed by atoms with Crippen LogP contribution in [0.5, 0.6) is 0 Å². The zero-order valence-electron chi connectivity index (χ0n) is 45.0. The second-order valence-electron chi connectivity index (χ2n) is 18.8. The Bertz CT molecular complexity index is 1380. The van der Waals surface area contributed by atoms with Crippen LogP contribution in [0.3, 0.4) is 0 Å². The van der Waals surface area contributed by atoms with Gasteiger partial charge in [-0.15, -0.1) is 0 Å². The summed E-state index contributed by atoms with van der Waals surface area (Å²) >= 11 is 0. The molecule has 0 aliphatic rings. The number of carbonyl (C=O) groups excluding carboxylic acids is 3. The van der Waals surface area contributed by atoms with Crippen molar-refractivity contribution in [2.75, 3.05) is 13.2 Å². The summed E-state index contributed by atoms with van der Waals surface area (Å²) in [5.41, 5.74) is 0. The number of allylic oxidation sites excluding steroid dienone is 16. The third-order valence-corrected chi connectivity index (χ3v) is 12.1. The summed E-state index contributed by atoms with van der Waals surface area (Å²) in [5, 5.41) is 0. The molecule has 0 aromatic rings. The van der Waals surface area contributed by atoms with Gasteiger partial charge in [-0.1, -0.05) is 246 Å². The smallest absolute Gasteiger partial charge is 0.306 e. The lowest BCUT2D eigenvalue weighted by atomic mass is 10.1. The Morgan fingerprint density at radius 2 is 0.565 bits per heavy atom. The van der Waals surface area contributed by atoms with E-state index in [9.17, 15) is 14.4 Å². The van der Waals surface area contributed by atoms with Crippen molar-refractivity contribution < 1.29 is 28.6 Å². The van der Waals surface area contributed by atoms with Crippen molar-refractivity contribution >= 4 is 17.9 Å². The molecule has 0 amide bonds. The van der Waals surface area contributed by atoms with Gasteiger partial charge in [-0.05, 0) is 96.3 Å². The molecule has 1 unspecified atom stereocenters. The van der Waals surface area contributed by atoms with E-state index in [1.165, 1.54) is 96.3 Å². The highest BCUT2D eigenvalue weighted by Gasteiger charge is 2.19. The van der Waals surface area contributed by atoms with E-state index in [2.05, 4.69) is 118 Å². The molecule has 394 valence electrons. The molecule has 0 aromatic heterocycles. The van der Waals surface area contributed by atoms with Crippen molar-refractivity contribution in [1.29, 1.82) is 0 Å². The van der Waals surface area contributed by atoms with Crippen LogP contribution >= 0.6 is 0 Å². The third kappa shape index (κ3) is 55.1. The Balaban J connectivity index is 4.37. The fourth-order valence-electron chi connectivity index (χ4n) is 7.84. The molecule has 0 saturated heterocycles. The van der Waals surface area contributed by atoms with E-state index >= 15 is 0 Å². The fourth-order valence-corrected chi connectivity index (χ4v) is 7.84. The number of carbonyl (C=O) groups is 3. The van der Waals surface area contributed by atoms with Gasteiger partial charge in [-0.3, -0.25) is 14.4 Å². The molecule has 0 spiro atoms. The van der Waals surface area contributed by atoms with Gasteiger partial charge in [0.05, 0.1) is 0 Å². The van der Waals surface area contributed by atoms with Crippen molar-refractivity contribution in [3.05, 3.63) is 97.2 Å². The summed E-state index contributed by atoms with van der Waals surface area (Å²) in [6.07, 6.45) is 75.4. The molecule has 1 atom stereocenters. The summed E-state index contributed by atoms with van der Waals surface area (Å²) < 4.78 is 16.8. The molecule has 0 aliphatic heterocycles. The van der Waals surface area contributed by atoms with E-state index in [4.69, 9.17) is 14.2 Å². The largest absolute Gasteiger partial charge is 0.462 e. The van der Waals surface area contributed by atoms with Crippen LogP contribution in [-0.2, 0) is 28.6 Å². The number of unbranched alkanes of at least 4 members (excludes halogenated alkanes) is 24. The molecule has 0 aromatic carbocycles. The van der Waals surface area contributed by atoms with Crippen molar-refractivity contribution in [3.8, 4) is 0 Å². The molecule has 0 radical (unpaired) electrons. The van der Waals surface area contributed by atoms with E-state index in [-0.39, 0.29) is 31.1 Å². The van der Waals surface area contributed by atoms with Gasteiger partial charge in [-0.2, -0.15) is 0 Å². The van der Waals surface area contributed by atoms with Crippen LogP contribution in [-0.4, -0.2) is 37.2 Å². The van der Waals surface area contributed by atoms with Crippen LogP contribution in [0.4, 0.5) is 0 Å². The SMILES string of the molecule is CC/C=C\C/C=C\C/C=C\C/C=C\CCCCCCCCCCC(=O)OCC(COC(=O)CCCCCCCCCCCCC)OC(=O)CCCCCCCC/C=C\C/C=C\C/C=C\C/C=C\CC. The Hall–Kier alpha value is -3.67. The molecule has 6 nitrogen and oxygen atoms in total. The lowest BCUT2D eigenvalue weighted by molar-refractivity contribution is -0.167. The highest BCUT2D eigenvalue weighted by Crippen LogP contribution is 2.15. The first kappa shape index (κ1) is 65.3. The summed E-state index contributed by atoms with van der Waals surface area (Å²) in [7, 11) is 0. The molecule has 0 bridgehead atoms. The molecule has 0 saturated carbocycles. The summed E-state index contributed by atoms with van der Waals surface area (Å²) in [4.78, 5) is 38.1. The molecule has 69 heavy (non-hydrogen) atoms. The van der Waals surface area contributed by atoms with Gasteiger partial charge in [0.15, 0.2) is 6.10 Å². The molecule has 0 fully saturated rings. The number of hydrogen-bond donors (Lipinski definition) is 0. The third-order valence-electron chi connectivity index (χ3n) is 12.1. The highest BCUT2D eigenvalue weighted by molar-refractivity contribution is 5.71. The quantitative estimate of drug-likeness (QED) is 0.0262. The maximum absolute atomic E-state index is 12.9. The zero-order chi connectivity index (χ0) is 50.0. The van der Waals surface area contributed by atoms with E-state index in [1.807, 2.05) is 0 Å². The van der Waals surface area contributed by atoms with E-state index in [0.29, 0.717) is 19.3 Å². The Morgan fingerprint density at radius 3 is 0.884 bits per heavy atom. The molecular formula is C63H106O6. The monoisotopic (exact) mass is 959 g/mol. The maximum Gasteiger partial charge on any atom is 0.306 e. The Kier molecular flexibility index (Phi) is 53.9. The van der Waals surface area contributed by atoms with Gasteiger partial charge in [0.1, 0.15) is 13.2 Å². The minimum atomic E-state index is -0.788. The average Bonchev–Trinajstić information content (AvgIpc) is 3.35. The molecule has 0 N–H and O–H groups in total. The van der Waals surface area contributed by atoms with Gasteiger partial charge in [-0.25, -0.2) is 0 Å². The minimum absolute atomic E-state index is 0.0847. The summed E-state index contributed by atoms with van der Waals surface area (Å²) in [6, 6.07) is 0. The topological polar surface area (TPSA) is 78.9 Å². The van der Waals surface area contributed by atoms with Crippen LogP contribution in [0.25, 0.3) is 0 Å². The predicted molar refractivity (Wildman–Crippen MR) is 297 cm³/mol. The van der Waals surface area contributed by atoms with Crippen LogP contribution in [0, 0.1) is 0 Å². The van der Waals surface area contributed by atoms with Crippen molar-refractivity contribution in [2.45, 2.75) is 271 Å². The zero-order valence-corrected chi connectivity index (χ0v) is 45.0. The number of ether oxygens (including phenoxy) is 3. The lowest BCUT2D eigenvalue weighted by Crippen LogP contribution is -2.30. The normalized spacial score (nSPS) is 12.8. The standard InChI is InChI=1S/C63H106O6/c1-4-7-10-13-16-19-22-24-26-28-30-31-33-34-36-38-41-44-47-50-53-56-62(65)68-59-60(58-67-61(64)55-52-49-46-43-40-21-18-15-12-9-6-3)69-63(66)57-54-51-48-45-42-39-37-35-32-29-27-25-23-20-17-14-11-8-5-2/h7-8,10-11,16-17,19-20,24-27,30-32,35,60H,4-6,9,12-15,18,21-23,28-29,33-34,36-59H2,1-3H3/b10-7-,11-8-,19-16-,20-17-,26-24-,27-25-,31-30-,35-32-. The van der Waals surface area contributed by atoms with Gasteiger partial charge < -0.3 is 14.2 Å². The van der Waals surface area contributed by atoms with Gasteiger partial charge >= 0.3 is 17.9 Å². The van der Waals surface area contributed by atoms with E-state index < -0.39 is 6.10 Å².